The summed E-state index contributed by atoms with van der Waals surface area (Å²) in [5, 5.41) is 20.3. The number of H-pyrrole nitrogens is 2. The van der Waals surface area contributed by atoms with E-state index in [-0.39, 0.29) is 16.0 Å². The van der Waals surface area contributed by atoms with E-state index in [1.165, 1.54) is 0 Å². The number of nitrogens with one attached hydrogen (secondary N) is 2. The summed E-state index contributed by atoms with van der Waals surface area (Å²) in [4.78, 5) is 29.8. The number of rotatable bonds is 3. The molecule has 0 bridgehead atoms. The number of nitrogens with zero attached hydrogens (tertiary/aromatic N) is 2. The van der Waals surface area contributed by atoms with Crippen molar-refractivity contribution in [2.24, 2.45) is 4.99 Å². The molecule has 1 aromatic heterocycles. The molecular formula is C11H7FN4O4S. The number of nitro groups is 1. The molecule has 10 heteroatoms. The highest BCUT2D eigenvalue weighted by Crippen LogP contribution is 2.27. The quantitative estimate of drug-likeness (QED) is 0.346. The second-order valence-corrected chi connectivity index (χ2v) is 4.23. The Morgan fingerprint density at radius 2 is 2.14 bits per heavy atom. The zero-order valence-corrected chi connectivity index (χ0v) is 11.0. The maximum Gasteiger partial charge on any atom is 0.297 e. The fourth-order valence-corrected chi connectivity index (χ4v) is 1.68. The first kappa shape index (κ1) is 14.5. The molecule has 0 fully saturated rings. The summed E-state index contributed by atoms with van der Waals surface area (Å²) in [7, 11) is 0. The van der Waals surface area contributed by atoms with Gasteiger partial charge in [-0.05, 0) is 24.4 Å². The number of hydrogen-bond donors (Lipinski definition) is 3. The molecule has 21 heavy (non-hydrogen) atoms. The van der Waals surface area contributed by atoms with Crippen molar-refractivity contribution >= 4 is 29.8 Å². The van der Waals surface area contributed by atoms with Gasteiger partial charge in [0.25, 0.3) is 11.2 Å². The Bertz CT molecular complexity index is 858. The lowest BCUT2D eigenvalue weighted by molar-refractivity contribution is -0.384. The average Bonchev–Trinajstić information content (AvgIpc) is 2.38. The van der Waals surface area contributed by atoms with E-state index in [1.807, 2.05) is 0 Å². The third-order valence-corrected chi connectivity index (χ3v) is 2.63. The minimum absolute atomic E-state index is 0.0811. The summed E-state index contributed by atoms with van der Waals surface area (Å²) >= 11 is 4.65. The number of halogens is 1. The normalized spacial score (nSPS) is 10.9. The van der Waals surface area contributed by atoms with Gasteiger partial charge in [0.1, 0.15) is 17.1 Å². The van der Waals surface area contributed by atoms with Gasteiger partial charge < -0.3 is 10.1 Å². The smallest absolute Gasteiger partial charge is 0.297 e. The van der Waals surface area contributed by atoms with Crippen LogP contribution < -0.4 is 5.56 Å². The molecule has 0 radical (unpaired) electrons. The van der Waals surface area contributed by atoms with Crippen LogP contribution in [-0.4, -0.2) is 26.2 Å². The van der Waals surface area contributed by atoms with Crippen molar-refractivity contribution in [2.75, 3.05) is 0 Å². The highest BCUT2D eigenvalue weighted by molar-refractivity contribution is 7.71. The van der Waals surface area contributed by atoms with E-state index in [0.717, 1.165) is 18.3 Å². The summed E-state index contributed by atoms with van der Waals surface area (Å²) in [5.74, 6) is -1.32. The van der Waals surface area contributed by atoms with Gasteiger partial charge in [-0.2, -0.15) is 0 Å². The Morgan fingerprint density at radius 3 is 2.76 bits per heavy atom. The standard InChI is InChI=1S/C11H7FN4O4S/c12-5-1-2-7(8(3-5)16(19)20)13-4-6-9(17)14-11(21)15-10(6)18/h1-4H,(H3,14,15,17,18,21). The Labute approximate surface area is 120 Å². The summed E-state index contributed by atoms with van der Waals surface area (Å²) in [6.07, 6.45) is 0.916. The van der Waals surface area contributed by atoms with E-state index in [1.54, 1.807) is 0 Å². The van der Waals surface area contributed by atoms with Crippen LogP contribution in [0.15, 0.2) is 28.0 Å². The second kappa shape index (κ2) is 5.63. The van der Waals surface area contributed by atoms with E-state index >= 15 is 0 Å². The summed E-state index contributed by atoms with van der Waals surface area (Å²) in [6.45, 7) is 0. The second-order valence-electron chi connectivity index (χ2n) is 3.82. The predicted octanol–water partition coefficient (Wildman–Crippen LogP) is 1.94. The molecule has 1 heterocycles. The van der Waals surface area contributed by atoms with Crippen molar-refractivity contribution in [3.8, 4) is 5.88 Å². The molecule has 2 rings (SSSR count). The molecule has 0 atom stereocenters. The third kappa shape index (κ3) is 3.17. The van der Waals surface area contributed by atoms with Crippen LogP contribution in [0.4, 0.5) is 15.8 Å². The lowest BCUT2D eigenvalue weighted by Crippen LogP contribution is -2.13. The van der Waals surface area contributed by atoms with E-state index in [0.29, 0.717) is 6.07 Å². The van der Waals surface area contributed by atoms with Gasteiger partial charge in [-0.3, -0.25) is 19.9 Å². The maximum absolute atomic E-state index is 13.0. The van der Waals surface area contributed by atoms with E-state index in [9.17, 15) is 24.4 Å². The molecule has 2 aromatic rings. The highest BCUT2D eigenvalue weighted by atomic mass is 32.1. The van der Waals surface area contributed by atoms with Crippen LogP contribution in [0, 0.1) is 20.7 Å². The van der Waals surface area contributed by atoms with Crippen molar-refractivity contribution in [1.29, 1.82) is 0 Å². The summed E-state index contributed by atoms with van der Waals surface area (Å²) in [6, 6.07) is 2.78. The van der Waals surface area contributed by atoms with Gasteiger partial charge in [0.2, 0.25) is 5.88 Å². The largest absolute Gasteiger partial charge is 0.494 e. The molecular weight excluding hydrogens is 303 g/mol. The Balaban J connectivity index is 2.50. The maximum atomic E-state index is 13.0. The first-order valence-electron chi connectivity index (χ1n) is 5.42. The van der Waals surface area contributed by atoms with Gasteiger partial charge in [-0.15, -0.1) is 0 Å². The van der Waals surface area contributed by atoms with Crippen LogP contribution in [0.5, 0.6) is 5.88 Å². The molecule has 0 unspecified atom stereocenters. The van der Waals surface area contributed by atoms with E-state index in [2.05, 4.69) is 27.2 Å². The fraction of sp³-hybridized carbons (Fsp3) is 0. The number of nitro benzene ring substituents is 1. The summed E-state index contributed by atoms with van der Waals surface area (Å²) < 4.78 is 12.9. The Morgan fingerprint density at radius 1 is 1.43 bits per heavy atom. The number of aromatic amines is 2. The number of aliphatic imine (C=N–C) groups is 1. The molecule has 0 aliphatic carbocycles. The predicted molar refractivity (Wildman–Crippen MR) is 74.2 cm³/mol. The lowest BCUT2D eigenvalue weighted by atomic mass is 10.2. The van der Waals surface area contributed by atoms with Crippen molar-refractivity contribution in [3.05, 3.63) is 54.8 Å². The molecule has 3 N–H and O–H groups in total. The Hall–Kier alpha value is -2.88. The molecule has 0 spiro atoms. The van der Waals surface area contributed by atoms with Crippen LogP contribution in [0.1, 0.15) is 5.56 Å². The van der Waals surface area contributed by atoms with Crippen LogP contribution >= 0.6 is 12.2 Å². The monoisotopic (exact) mass is 310 g/mol. The zero-order chi connectivity index (χ0) is 15.6. The molecule has 0 amide bonds. The number of hydrogen-bond acceptors (Lipinski definition) is 6. The van der Waals surface area contributed by atoms with Crippen molar-refractivity contribution in [3.63, 3.8) is 0 Å². The van der Waals surface area contributed by atoms with Crippen LogP contribution in [0.2, 0.25) is 0 Å². The first-order chi connectivity index (χ1) is 9.88. The molecule has 0 aliphatic heterocycles. The zero-order valence-electron chi connectivity index (χ0n) is 10.2. The molecule has 108 valence electrons. The topological polar surface area (TPSA) is 124 Å². The molecule has 0 saturated carbocycles. The molecule has 1 aromatic carbocycles. The average molecular weight is 310 g/mol. The fourth-order valence-electron chi connectivity index (χ4n) is 1.49. The van der Waals surface area contributed by atoms with Gasteiger partial charge in [0.15, 0.2) is 4.77 Å². The number of aromatic hydroxyl groups is 1. The molecule has 0 aliphatic rings. The van der Waals surface area contributed by atoms with Gasteiger partial charge in [-0.25, -0.2) is 9.38 Å². The van der Waals surface area contributed by atoms with Gasteiger partial charge in [0, 0.05) is 6.21 Å². The van der Waals surface area contributed by atoms with Gasteiger partial charge in [-0.1, -0.05) is 0 Å². The van der Waals surface area contributed by atoms with Crippen molar-refractivity contribution < 1.29 is 14.4 Å². The minimum atomic E-state index is -0.807. The minimum Gasteiger partial charge on any atom is -0.494 e. The van der Waals surface area contributed by atoms with Gasteiger partial charge >= 0.3 is 0 Å². The number of benzene rings is 1. The van der Waals surface area contributed by atoms with Crippen molar-refractivity contribution in [1.82, 2.24) is 9.97 Å². The Kier molecular flexibility index (Phi) is 3.89. The SMILES string of the molecule is O=c1[nH]c(=S)[nH]c(O)c1C=Nc1ccc(F)cc1[N+](=O)[O-]. The highest BCUT2D eigenvalue weighted by Gasteiger charge is 2.14. The van der Waals surface area contributed by atoms with Crippen molar-refractivity contribution in [2.45, 2.75) is 0 Å². The van der Waals surface area contributed by atoms with Crippen LogP contribution in [0.25, 0.3) is 0 Å². The van der Waals surface area contributed by atoms with Crippen LogP contribution in [0.3, 0.4) is 0 Å². The molecule has 0 saturated heterocycles. The number of aromatic nitrogens is 2. The summed E-state index contributed by atoms with van der Waals surface area (Å²) in [5.41, 5.74) is -1.71. The third-order valence-electron chi connectivity index (χ3n) is 2.43. The molecule has 8 nitrogen and oxygen atoms in total. The lowest BCUT2D eigenvalue weighted by Gasteiger charge is -1.99. The van der Waals surface area contributed by atoms with Gasteiger partial charge in [0.05, 0.1) is 11.0 Å². The van der Waals surface area contributed by atoms with E-state index < -0.39 is 27.9 Å². The van der Waals surface area contributed by atoms with E-state index in [4.69, 9.17) is 0 Å². The van der Waals surface area contributed by atoms with Crippen LogP contribution in [-0.2, 0) is 0 Å². The first-order valence-corrected chi connectivity index (χ1v) is 5.83.